The van der Waals surface area contributed by atoms with Crippen LogP contribution >= 0.6 is 15.6 Å². The standard InChI is InChI=1S/C83H162O17P2/c1-7-10-12-14-16-18-20-22-24-25-26-27-28-29-30-36-40-44-48-56-62-68-82(87)99-78(71-93-80(85)65-59-53-46-42-38-35-32-31-33-37-41-45-51-57-63-75(4)5)73-97-101(89,90)95-69-77(84)70-96-102(91,92)98-74-79(72-94-81(86)66-60-54-50-49-52-58-64-76(6)9-3)100-83(88)67-61-55-47-43-39-34-23-21-19-17-15-13-11-8-2/h75-79,84H,7-74H2,1-6H3,(H,89,90)(H,91,92)/t76?,77-,78-,79-/m1/s1. The molecule has 0 aromatic heterocycles. The Morgan fingerprint density at radius 2 is 0.500 bits per heavy atom. The van der Waals surface area contributed by atoms with Gasteiger partial charge in [-0.2, -0.15) is 0 Å². The van der Waals surface area contributed by atoms with E-state index in [2.05, 4.69) is 41.5 Å². The van der Waals surface area contributed by atoms with E-state index >= 15 is 0 Å². The van der Waals surface area contributed by atoms with Gasteiger partial charge in [-0.15, -0.1) is 0 Å². The molecule has 3 N–H and O–H groups in total. The number of hydrogen-bond acceptors (Lipinski definition) is 15. The minimum Gasteiger partial charge on any atom is -0.462 e. The van der Waals surface area contributed by atoms with Crippen LogP contribution in [0.1, 0.15) is 440 Å². The van der Waals surface area contributed by atoms with Gasteiger partial charge in [0.15, 0.2) is 12.2 Å². The van der Waals surface area contributed by atoms with Gasteiger partial charge in [-0.1, -0.05) is 388 Å². The summed E-state index contributed by atoms with van der Waals surface area (Å²) in [6, 6.07) is 0. The van der Waals surface area contributed by atoms with E-state index in [1.807, 2.05) is 0 Å². The van der Waals surface area contributed by atoms with Gasteiger partial charge in [0.2, 0.25) is 0 Å². The van der Waals surface area contributed by atoms with Crippen molar-refractivity contribution in [2.45, 2.75) is 458 Å². The largest absolute Gasteiger partial charge is 0.472 e. The molecule has 0 aliphatic carbocycles. The molecule has 17 nitrogen and oxygen atoms in total. The molecule has 0 heterocycles. The Hall–Kier alpha value is -1.94. The van der Waals surface area contributed by atoms with Crippen molar-refractivity contribution in [1.29, 1.82) is 0 Å². The number of aliphatic hydroxyl groups is 1. The second kappa shape index (κ2) is 74.5. The zero-order valence-electron chi connectivity index (χ0n) is 66.9. The van der Waals surface area contributed by atoms with Crippen LogP contribution in [0.25, 0.3) is 0 Å². The van der Waals surface area contributed by atoms with Crippen LogP contribution in [0, 0.1) is 11.8 Å². The molecule has 102 heavy (non-hydrogen) atoms. The van der Waals surface area contributed by atoms with Crippen LogP contribution in [0.3, 0.4) is 0 Å². The highest BCUT2D eigenvalue weighted by Gasteiger charge is 2.30. The average Bonchev–Trinajstić information content (AvgIpc) is 0.920. The summed E-state index contributed by atoms with van der Waals surface area (Å²) in [7, 11) is -9.92. The summed E-state index contributed by atoms with van der Waals surface area (Å²) >= 11 is 0. The van der Waals surface area contributed by atoms with Gasteiger partial charge in [-0.25, -0.2) is 9.13 Å². The first-order valence-electron chi connectivity index (χ1n) is 43.0. The first kappa shape index (κ1) is 100. The molecule has 0 rings (SSSR count). The summed E-state index contributed by atoms with van der Waals surface area (Å²) in [5, 5.41) is 10.7. The summed E-state index contributed by atoms with van der Waals surface area (Å²) in [6.07, 6.45) is 65.3. The molecule has 0 aromatic carbocycles. The van der Waals surface area contributed by atoms with Crippen molar-refractivity contribution >= 4 is 39.5 Å². The van der Waals surface area contributed by atoms with Gasteiger partial charge in [0.1, 0.15) is 19.3 Å². The number of esters is 4. The molecule has 0 aliphatic heterocycles. The lowest BCUT2D eigenvalue weighted by molar-refractivity contribution is -0.161. The Bertz CT molecular complexity index is 1960. The summed E-state index contributed by atoms with van der Waals surface area (Å²) < 4.78 is 68.8. The van der Waals surface area contributed by atoms with Crippen LogP contribution in [-0.2, 0) is 65.4 Å². The topological polar surface area (TPSA) is 237 Å². The number of ether oxygens (including phenoxy) is 4. The van der Waals surface area contributed by atoms with Crippen LogP contribution in [-0.4, -0.2) is 96.7 Å². The van der Waals surface area contributed by atoms with Crippen molar-refractivity contribution in [2.24, 2.45) is 11.8 Å². The van der Waals surface area contributed by atoms with E-state index in [0.29, 0.717) is 25.7 Å². The van der Waals surface area contributed by atoms with E-state index in [-0.39, 0.29) is 25.7 Å². The Kier molecular flexibility index (Phi) is 73.1. The predicted octanol–water partition coefficient (Wildman–Crippen LogP) is 25.1. The molecule has 0 radical (unpaired) electrons. The Balaban J connectivity index is 5.23. The quantitative estimate of drug-likeness (QED) is 0.0222. The molecule has 606 valence electrons. The number of rotatable bonds is 82. The first-order valence-corrected chi connectivity index (χ1v) is 46.0. The molecule has 0 saturated heterocycles. The lowest BCUT2D eigenvalue weighted by Crippen LogP contribution is -2.30. The zero-order valence-corrected chi connectivity index (χ0v) is 68.7. The third kappa shape index (κ3) is 74.9. The molecule has 0 aliphatic rings. The number of hydrogen-bond donors (Lipinski definition) is 3. The van der Waals surface area contributed by atoms with Crippen LogP contribution in [0.5, 0.6) is 0 Å². The second-order valence-corrected chi connectivity index (χ2v) is 33.5. The number of carbonyl (C=O) groups excluding carboxylic acids is 4. The average molecular weight is 1490 g/mol. The molecule has 0 saturated carbocycles. The number of phosphoric ester groups is 2. The fourth-order valence-corrected chi connectivity index (χ4v) is 14.4. The van der Waals surface area contributed by atoms with Crippen LogP contribution < -0.4 is 0 Å². The lowest BCUT2D eigenvalue weighted by Gasteiger charge is -2.21. The fourth-order valence-electron chi connectivity index (χ4n) is 12.9. The molecule has 0 aromatic rings. The summed E-state index contributed by atoms with van der Waals surface area (Å²) in [5.41, 5.74) is 0. The predicted molar refractivity (Wildman–Crippen MR) is 418 cm³/mol. The highest BCUT2D eigenvalue weighted by molar-refractivity contribution is 7.47. The van der Waals surface area contributed by atoms with Crippen LogP contribution in [0.15, 0.2) is 0 Å². The molecule has 0 fully saturated rings. The fraction of sp³-hybridized carbons (Fsp3) is 0.952. The van der Waals surface area contributed by atoms with Crippen molar-refractivity contribution in [2.75, 3.05) is 39.6 Å². The summed E-state index contributed by atoms with van der Waals surface area (Å²) in [4.78, 5) is 73.1. The van der Waals surface area contributed by atoms with Gasteiger partial charge in [0, 0.05) is 25.7 Å². The maximum Gasteiger partial charge on any atom is 0.472 e. The van der Waals surface area contributed by atoms with E-state index in [1.165, 1.54) is 250 Å². The zero-order chi connectivity index (χ0) is 74.9. The maximum atomic E-state index is 13.1. The maximum absolute atomic E-state index is 13.1. The van der Waals surface area contributed by atoms with E-state index < -0.39 is 97.5 Å². The summed E-state index contributed by atoms with van der Waals surface area (Å²) in [5.74, 6) is -0.577. The monoisotopic (exact) mass is 1490 g/mol. The SMILES string of the molecule is CCCCCCCCCCCCCCCCCCCCCCCC(=O)O[C@H](COC(=O)CCCCCCCCCCCCCCCCC(C)C)COP(=O)(O)OC[C@@H](O)COP(=O)(O)OC[C@@H](COC(=O)CCCCCCCCC(C)CC)OC(=O)CCCCCCCCCCCCCCCC. The minimum atomic E-state index is -4.96. The number of phosphoric acid groups is 2. The highest BCUT2D eigenvalue weighted by Crippen LogP contribution is 2.45. The molecule has 0 bridgehead atoms. The van der Waals surface area contributed by atoms with E-state index in [0.717, 1.165) is 108 Å². The molecular formula is C83H162O17P2. The van der Waals surface area contributed by atoms with Gasteiger partial charge >= 0.3 is 39.5 Å². The summed E-state index contributed by atoms with van der Waals surface area (Å²) in [6.45, 7) is 9.63. The molecule has 6 atom stereocenters. The normalized spacial score (nSPS) is 14.1. The van der Waals surface area contributed by atoms with Crippen LogP contribution in [0.4, 0.5) is 0 Å². The van der Waals surface area contributed by atoms with Gasteiger partial charge in [0.05, 0.1) is 26.4 Å². The third-order valence-corrected chi connectivity index (χ3v) is 21.7. The Morgan fingerprint density at radius 1 is 0.284 bits per heavy atom. The minimum absolute atomic E-state index is 0.107. The van der Waals surface area contributed by atoms with Crippen molar-refractivity contribution < 1.29 is 80.2 Å². The van der Waals surface area contributed by atoms with Crippen molar-refractivity contribution in [3.8, 4) is 0 Å². The smallest absolute Gasteiger partial charge is 0.462 e. The first-order chi connectivity index (χ1) is 49.4. The molecule has 0 amide bonds. The van der Waals surface area contributed by atoms with E-state index in [1.54, 1.807) is 0 Å². The van der Waals surface area contributed by atoms with E-state index in [9.17, 15) is 43.2 Å². The lowest BCUT2D eigenvalue weighted by atomic mass is 10.00. The second-order valence-electron chi connectivity index (χ2n) is 30.6. The third-order valence-electron chi connectivity index (χ3n) is 19.8. The number of carbonyl (C=O) groups is 4. The Morgan fingerprint density at radius 3 is 0.745 bits per heavy atom. The number of aliphatic hydroxyl groups excluding tert-OH is 1. The molecular weight excluding hydrogens is 1330 g/mol. The van der Waals surface area contributed by atoms with Crippen LogP contribution in [0.2, 0.25) is 0 Å². The van der Waals surface area contributed by atoms with Crippen molar-refractivity contribution in [1.82, 2.24) is 0 Å². The van der Waals surface area contributed by atoms with E-state index in [4.69, 9.17) is 37.0 Å². The number of unbranched alkanes of at least 4 members (excludes halogenated alkanes) is 51. The van der Waals surface area contributed by atoms with Gasteiger partial charge in [-0.05, 0) is 37.5 Å². The molecule has 19 heteroatoms. The van der Waals surface area contributed by atoms with Gasteiger partial charge in [-0.3, -0.25) is 37.3 Å². The van der Waals surface area contributed by atoms with Crippen molar-refractivity contribution in [3.05, 3.63) is 0 Å². The highest BCUT2D eigenvalue weighted by atomic mass is 31.2. The Labute approximate surface area is 626 Å². The van der Waals surface area contributed by atoms with Gasteiger partial charge in [0.25, 0.3) is 0 Å². The molecule has 3 unspecified atom stereocenters. The molecule has 0 spiro atoms. The van der Waals surface area contributed by atoms with Crippen molar-refractivity contribution in [3.63, 3.8) is 0 Å². The van der Waals surface area contributed by atoms with Gasteiger partial charge < -0.3 is 33.8 Å².